The maximum atomic E-state index is 14.1. The molecule has 1 N–H and O–H groups in total. The predicted molar refractivity (Wildman–Crippen MR) is 159 cm³/mol. The molecular weight excluding hydrogens is 569 g/mol. The molecule has 1 atom stereocenters. The fourth-order valence-corrected chi connectivity index (χ4v) is 6.68. The fourth-order valence-electron chi connectivity index (χ4n) is 4.96. The molecule has 10 heteroatoms. The molecule has 0 unspecified atom stereocenters. The molecule has 7 nitrogen and oxygen atoms in total. The van der Waals surface area contributed by atoms with Gasteiger partial charge in [-0.1, -0.05) is 91.5 Å². The molecule has 0 spiro atoms. The first kappa shape index (κ1) is 29.9. The van der Waals surface area contributed by atoms with Gasteiger partial charge in [0.25, 0.3) is 10.0 Å². The van der Waals surface area contributed by atoms with Crippen LogP contribution >= 0.6 is 23.2 Å². The molecule has 0 radical (unpaired) electrons. The zero-order valence-corrected chi connectivity index (χ0v) is 24.6. The molecule has 212 valence electrons. The highest BCUT2D eigenvalue weighted by atomic mass is 35.5. The van der Waals surface area contributed by atoms with Gasteiger partial charge in [0.05, 0.1) is 20.6 Å². The Morgan fingerprint density at radius 2 is 1.55 bits per heavy atom. The summed E-state index contributed by atoms with van der Waals surface area (Å²) in [6.45, 7) is 1.47. The lowest BCUT2D eigenvalue weighted by Crippen LogP contribution is -2.53. The van der Waals surface area contributed by atoms with Crippen molar-refractivity contribution in [3.05, 3.63) is 94.5 Å². The summed E-state index contributed by atoms with van der Waals surface area (Å²) in [6, 6.07) is 20.9. The number of amides is 2. The summed E-state index contributed by atoms with van der Waals surface area (Å²) < 4.78 is 28.7. The number of halogens is 2. The number of carbonyl (C=O) groups is 2. The van der Waals surface area contributed by atoms with Gasteiger partial charge in [-0.15, -0.1) is 0 Å². The molecule has 40 heavy (non-hydrogen) atoms. The normalized spacial score (nSPS) is 14.5. The second kappa shape index (κ2) is 13.5. The van der Waals surface area contributed by atoms with Gasteiger partial charge in [-0.2, -0.15) is 0 Å². The summed E-state index contributed by atoms with van der Waals surface area (Å²) in [7, 11) is -4.17. The summed E-state index contributed by atoms with van der Waals surface area (Å²) in [4.78, 5) is 29.0. The molecule has 0 heterocycles. The maximum Gasteiger partial charge on any atom is 0.264 e. The third-order valence-corrected chi connectivity index (χ3v) is 9.61. The Balaban J connectivity index is 1.71. The minimum absolute atomic E-state index is 0.0227. The summed E-state index contributed by atoms with van der Waals surface area (Å²) in [5, 5.41) is 3.52. The van der Waals surface area contributed by atoms with Gasteiger partial charge in [0.15, 0.2) is 0 Å². The molecule has 0 aliphatic heterocycles. The van der Waals surface area contributed by atoms with E-state index in [1.807, 2.05) is 37.3 Å². The Morgan fingerprint density at radius 1 is 0.925 bits per heavy atom. The van der Waals surface area contributed by atoms with Gasteiger partial charge in [0.1, 0.15) is 12.6 Å². The van der Waals surface area contributed by atoms with E-state index >= 15 is 0 Å². The standard InChI is InChI=1S/C30H33Cl2N3O4S/c1-2-28(30(37)33-23-13-9-10-14-23)34(20-22-11-5-3-6-12-22)29(36)21-35(24-17-18-26(31)27(32)19-24)40(38,39)25-15-7-4-8-16-25/h3-8,11-12,15-19,23,28H,2,9-10,13-14,20-21H2,1H3,(H,33,37)/t28-/m1/s1. The number of hydrogen-bond donors (Lipinski definition) is 1. The lowest BCUT2D eigenvalue weighted by atomic mass is 10.1. The minimum Gasteiger partial charge on any atom is -0.352 e. The predicted octanol–water partition coefficient (Wildman–Crippen LogP) is 6.05. The van der Waals surface area contributed by atoms with Gasteiger partial charge < -0.3 is 10.2 Å². The number of hydrogen-bond acceptors (Lipinski definition) is 4. The van der Waals surface area contributed by atoms with Gasteiger partial charge in [0.2, 0.25) is 11.8 Å². The van der Waals surface area contributed by atoms with Crippen LogP contribution in [0.15, 0.2) is 83.8 Å². The molecule has 0 saturated heterocycles. The SMILES string of the molecule is CC[C@H](C(=O)NC1CCCC1)N(Cc1ccccc1)C(=O)CN(c1ccc(Cl)c(Cl)c1)S(=O)(=O)c1ccccc1. The number of benzene rings is 3. The first-order chi connectivity index (χ1) is 19.2. The molecule has 3 aromatic carbocycles. The van der Waals surface area contributed by atoms with Crippen molar-refractivity contribution >= 4 is 50.7 Å². The molecule has 4 rings (SSSR count). The lowest BCUT2D eigenvalue weighted by molar-refractivity contribution is -0.140. The molecule has 0 bridgehead atoms. The second-order valence-corrected chi connectivity index (χ2v) is 12.5. The van der Waals surface area contributed by atoms with Crippen molar-refractivity contribution in [2.45, 2.75) is 62.6 Å². The van der Waals surface area contributed by atoms with Crippen LogP contribution in [0.4, 0.5) is 5.69 Å². The topological polar surface area (TPSA) is 86.8 Å². The summed E-state index contributed by atoms with van der Waals surface area (Å²) in [6.07, 6.45) is 4.31. The highest BCUT2D eigenvalue weighted by Crippen LogP contribution is 2.31. The van der Waals surface area contributed by atoms with Crippen molar-refractivity contribution in [1.82, 2.24) is 10.2 Å². The molecule has 0 aromatic heterocycles. The number of rotatable bonds is 11. The lowest BCUT2D eigenvalue weighted by Gasteiger charge is -2.33. The van der Waals surface area contributed by atoms with E-state index in [4.69, 9.17) is 23.2 Å². The molecule has 3 aromatic rings. The van der Waals surface area contributed by atoms with E-state index in [9.17, 15) is 18.0 Å². The zero-order chi connectivity index (χ0) is 28.7. The largest absolute Gasteiger partial charge is 0.352 e. The monoisotopic (exact) mass is 601 g/mol. The van der Waals surface area contributed by atoms with Crippen LogP contribution in [0, 0.1) is 0 Å². The van der Waals surface area contributed by atoms with Crippen LogP contribution in [-0.4, -0.2) is 43.8 Å². The molecule has 1 saturated carbocycles. The van der Waals surface area contributed by atoms with Gasteiger partial charge in [-0.3, -0.25) is 13.9 Å². The zero-order valence-electron chi connectivity index (χ0n) is 22.3. The Kier molecular flexibility index (Phi) is 10.1. The summed E-state index contributed by atoms with van der Waals surface area (Å²) in [5.74, 6) is -0.742. The van der Waals surface area contributed by atoms with Crippen molar-refractivity contribution < 1.29 is 18.0 Å². The molecule has 1 aliphatic rings. The minimum atomic E-state index is -4.17. The Labute approximate surface area is 246 Å². The van der Waals surface area contributed by atoms with E-state index in [0.717, 1.165) is 35.6 Å². The maximum absolute atomic E-state index is 14.1. The van der Waals surface area contributed by atoms with E-state index in [2.05, 4.69) is 5.32 Å². The number of nitrogens with one attached hydrogen (secondary N) is 1. The smallest absolute Gasteiger partial charge is 0.264 e. The van der Waals surface area contributed by atoms with Crippen LogP contribution in [0.2, 0.25) is 10.0 Å². The van der Waals surface area contributed by atoms with Crippen molar-refractivity contribution in [2.75, 3.05) is 10.8 Å². The van der Waals surface area contributed by atoms with E-state index in [1.54, 1.807) is 18.2 Å². The Morgan fingerprint density at radius 3 is 2.15 bits per heavy atom. The molecule has 1 fully saturated rings. The highest BCUT2D eigenvalue weighted by Gasteiger charge is 2.34. The fraction of sp³-hybridized carbons (Fsp3) is 0.333. The van der Waals surface area contributed by atoms with Crippen LogP contribution in [0.3, 0.4) is 0 Å². The highest BCUT2D eigenvalue weighted by molar-refractivity contribution is 7.92. The van der Waals surface area contributed by atoms with Crippen molar-refractivity contribution in [3.8, 4) is 0 Å². The first-order valence-corrected chi connectivity index (χ1v) is 15.6. The van der Waals surface area contributed by atoms with E-state index in [1.165, 1.54) is 35.2 Å². The van der Waals surface area contributed by atoms with Crippen LogP contribution in [0.5, 0.6) is 0 Å². The van der Waals surface area contributed by atoms with Crippen LogP contribution in [0.1, 0.15) is 44.6 Å². The van der Waals surface area contributed by atoms with E-state index in [-0.39, 0.29) is 39.1 Å². The third kappa shape index (κ3) is 7.16. The number of anilines is 1. The number of nitrogens with zero attached hydrogens (tertiary/aromatic N) is 2. The molecule has 2 amide bonds. The van der Waals surface area contributed by atoms with Crippen LogP contribution < -0.4 is 9.62 Å². The van der Waals surface area contributed by atoms with Gasteiger partial charge in [-0.25, -0.2) is 8.42 Å². The van der Waals surface area contributed by atoms with Gasteiger partial charge in [0, 0.05) is 12.6 Å². The molecular formula is C30H33Cl2N3O4S. The number of carbonyl (C=O) groups excluding carboxylic acids is 2. The van der Waals surface area contributed by atoms with E-state index < -0.39 is 28.5 Å². The quantitative estimate of drug-likeness (QED) is 0.289. The van der Waals surface area contributed by atoms with Crippen LogP contribution in [-0.2, 0) is 26.2 Å². The first-order valence-electron chi connectivity index (χ1n) is 13.4. The van der Waals surface area contributed by atoms with Gasteiger partial charge in [-0.05, 0) is 55.2 Å². The van der Waals surface area contributed by atoms with Crippen molar-refractivity contribution in [3.63, 3.8) is 0 Å². The second-order valence-electron chi connectivity index (χ2n) is 9.84. The Hall–Kier alpha value is -3.07. The Bertz CT molecular complexity index is 1420. The average molecular weight is 603 g/mol. The average Bonchev–Trinajstić information content (AvgIpc) is 3.47. The molecule has 1 aliphatic carbocycles. The van der Waals surface area contributed by atoms with Crippen molar-refractivity contribution in [2.24, 2.45) is 0 Å². The summed E-state index contributed by atoms with van der Waals surface area (Å²) in [5.41, 5.74) is 1.02. The number of sulfonamides is 1. The summed E-state index contributed by atoms with van der Waals surface area (Å²) >= 11 is 12.4. The third-order valence-electron chi connectivity index (χ3n) is 7.08. The van der Waals surface area contributed by atoms with Crippen LogP contribution in [0.25, 0.3) is 0 Å². The van der Waals surface area contributed by atoms with Gasteiger partial charge >= 0.3 is 0 Å². The van der Waals surface area contributed by atoms with E-state index in [0.29, 0.717) is 6.42 Å². The van der Waals surface area contributed by atoms with Crippen molar-refractivity contribution in [1.29, 1.82) is 0 Å².